The first-order valence-corrected chi connectivity index (χ1v) is 9.57. The van der Waals surface area contributed by atoms with E-state index in [9.17, 15) is 23.1 Å². The minimum atomic E-state index is -4.65. The molecule has 0 bridgehead atoms. The van der Waals surface area contributed by atoms with Crippen LogP contribution >= 0.6 is 11.6 Å². The molecule has 0 radical (unpaired) electrons. The molecule has 3 aromatic heterocycles. The van der Waals surface area contributed by atoms with Crippen LogP contribution in [-0.2, 0) is 6.18 Å². The highest BCUT2D eigenvalue weighted by Gasteiger charge is 2.33. The van der Waals surface area contributed by atoms with Crippen molar-refractivity contribution in [1.82, 2.24) is 9.38 Å². The Morgan fingerprint density at radius 3 is 2.52 bits per heavy atom. The van der Waals surface area contributed by atoms with Gasteiger partial charge in [0.2, 0.25) is 0 Å². The first-order valence-electron chi connectivity index (χ1n) is 9.19. The Morgan fingerprint density at radius 1 is 1.19 bits per heavy atom. The lowest BCUT2D eigenvalue weighted by atomic mass is 10.1. The number of imidazole rings is 1. The Balaban J connectivity index is 2.12. The molecule has 6 nitrogen and oxygen atoms in total. The second kappa shape index (κ2) is 6.91. The highest BCUT2D eigenvalue weighted by molar-refractivity contribution is 6.33. The van der Waals surface area contributed by atoms with Crippen LogP contribution in [0.1, 0.15) is 26.3 Å². The zero-order valence-corrected chi connectivity index (χ0v) is 17.4. The number of anilines is 1. The highest BCUT2D eigenvalue weighted by atomic mass is 35.5. The maximum atomic E-state index is 13.4. The second-order valence-electron chi connectivity index (χ2n) is 8.06. The summed E-state index contributed by atoms with van der Waals surface area (Å²) in [5.41, 5.74) is -2.70. The molecule has 0 atom stereocenters. The molecule has 2 N–H and O–H groups in total. The Hall–Kier alpha value is -3.20. The molecule has 0 aliphatic heterocycles. The van der Waals surface area contributed by atoms with Crippen LogP contribution in [0.3, 0.4) is 0 Å². The van der Waals surface area contributed by atoms with E-state index in [0.29, 0.717) is 0 Å². The van der Waals surface area contributed by atoms with Gasteiger partial charge < -0.3 is 14.8 Å². The predicted molar refractivity (Wildman–Crippen MR) is 112 cm³/mol. The van der Waals surface area contributed by atoms with Crippen molar-refractivity contribution in [2.45, 2.75) is 32.5 Å². The van der Waals surface area contributed by atoms with Crippen molar-refractivity contribution < 1.29 is 22.7 Å². The van der Waals surface area contributed by atoms with Gasteiger partial charge >= 0.3 is 11.8 Å². The van der Waals surface area contributed by atoms with Crippen LogP contribution in [0.5, 0.6) is 5.75 Å². The Labute approximate surface area is 178 Å². The third-order valence-electron chi connectivity index (χ3n) is 4.52. The fraction of sp³-hybridized carbons (Fsp3) is 0.238. The number of nitrogens with zero attached hydrogens (tertiary/aromatic N) is 2. The largest absolute Gasteiger partial charge is 0.506 e. The van der Waals surface area contributed by atoms with Gasteiger partial charge in [-0.2, -0.15) is 13.2 Å². The number of aromatic hydroxyl groups is 1. The molecule has 162 valence electrons. The zero-order valence-electron chi connectivity index (χ0n) is 16.6. The van der Waals surface area contributed by atoms with Gasteiger partial charge in [0.25, 0.3) is 0 Å². The quantitative estimate of drug-likeness (QED) is 0.382. The smallest absolute Gasteiger partial charge is 0.417 e. The Morgan fingerprint density at radius 2 is 1.87 bits per heavy atom. The summed E-state index contributed by atoms with van der Waals surface area (Å²) in [5, 5.41) is 13.9. The van der Waals surface area contributed by atoms with Gasteiger partial charge in [0, 0.05) is 11.7 Å². The van der Waals surface area contributed by atoms with Crippen LogP contribution in [0.25, 0.3) is 27.9 Å². The fourth-order valence-electron chi connectivity index (χ4n) is 3.25. The molecule has 0 spiro atoms. The Kier molecular flexibility index (Phi) is 4.69. The van der Waals surface area contributed by atoms with Gasteiger partial charge in [-0.05, 0) is 39.0 Å². The second-order valence-corrected chi connectivity index (χ2v) is 8.47. The minimum absolute atomic E-state index is 0.0108. The summed E-state index contributed by atoms with van der Waals surface area (Å²) in [6.07, 6.45) is -3.81. The van der Waals surface area contributed by atoms with Crippen molar-refractivity contribution in [3.63, 3.8) is 0 Å². The number of alkyl halides is 3. The molecule has 0 unspecified atom stereocenters. The van der Waals surface area contributed by atoms with E-state index in [1.165, 1.54) is 6.07 Å². The van der Waals surface area contributed by atoms with Gasteiger partial charge in [0.05, 0.1) is 16.0 Å². The van der Waals surface area contributed by atoms with E-state index < -0.39 is 22.9 Å². The number of halogens is 4. The lowest BCUT2D eigenvalue weighted by molar-refractivity contribution is -0.137. The van der Waals surface area contributed by atoms with Crippen molar-refractivity contribution in [2.24, 2.45) is 0 Å². The molecule has 3 heterocycles. The summed E-state index contributed by atoms with van der Waals surface area (Å²) in [4.78, 5) is 17.0. The maximum Gasteiger partial charge on any atom is 0.417 e. The molecular weight excluding hydrogens is 435 g/mol. The van der Waals surface area contributed by atoms with Crippen molar-refractivity contribution in [1.29, 1.82) is 0 Å². The zero-order chi connectivity index (χ0) is 22.7. The number of hydrogen-bond donors (Lipinski definition) is 2. The molecule has 0 amide bonds. The lowest BCUT2D eigenvalue weighted by Crippen LogP contribution is -2.27. The molecule has 10 heteroatoms. The molecule has 4 aromatic rings. The molecule has 0 fully saturated rings. The van der Waals surface area contributed by atoms with E-state index in [2.05, 4.69) is 10.3 Å². The van der Waals surface area contributed by atoms with Gasteiger partial charge in [-0.3, -0.25) is 4.40 Å². The Bertz CT molecular complexity index is 1380. The van der Waals surface area contributed by atoms with Crippen LogP contribution < -0.4 is 10.9 Å². The van der Waals surface area contributed by atoms with E-state index in [1.807, 2.05) is 0 Å². The third-order valence-corrected chi connectivity index (χ3v) is 4.80. The SMILES string of the molecule is CC(C)(C)Nc1c(-c2c(O)c3ccccc3oc2=O)nc2c(Cl)cc(C(F)(F)F)cn12. The van der Waals surface area contributed by atoms with Crippen LogP contribution in [-0.4, -0.2) is 20.0 Å². The summed E-state index contributed by atoms with van der Waals surface area (Å²) < 4.78 is 46.6. The highest BCUT2D eigenvalue weighted by Crippen LogP contribution is 2.40. The van der Waals surface area contributed by atoms with Crippen molar-refractivity contribution in [3.05, 3.63) is 57.5 Å². The van der Waals surface area contributed by atoms with Gasteiger partial charge in [-0.25, -0.2) is 9.78 Å². The van der Waals surface area contributed by atoms with E-state index in [0.717, 1.165) is 16.7 Å². The van der Waals surface area contributed by atoms with E-state index in [-0.39, 0.29) is 44.5 Å². The number of aromatic nitrogens is 2. The number of para-hydroxylation sites is 1. The number of fused-ring (bicyclic) bond motifs is 2. The van der Waals surface area contributed by atoms with Crippen molar-refractivity contribution in [3.8, 4) is 17.0 Å². The molecule has 1 aromatic carbocycles. The summed E-state index contributed by atoms with van der Waals surface area (Å²) in [6.45, 7) is 5.36. The van der Waals surface area contributed by atoms with Gasteiger partial charge in [-0.15, -0.1) is 0 Å². The normalized spacial score (nSPS) is 12.6. The topological polar surface area (TPSA) is 79.8 Å². The molecule has 0 aliphatic rings. The van der Waals surface area contributed by atoms with E-state index in [1.54, 1.807) is 39.0 Å². The van der Waals surface area contributed by atoms with Gasteiger partial charge in [0.1, 0.15) is 28.4 Å². The summed E-state index contributed by atoms with van der Waals surface area (Å²) in [6, 6.07) is 7.12. The minimum Gasteiger partial charge on any atom is -0.506 e. The van der Waals surface area contributed by atoms with Crippen molar-refractivity contribution in [2.75, 3.05) is 5.32 Å². The van der Waals surface area contributed by atoms with Crippen LogP contribution in [0.2, 0.25) is 5.02 Å². The molecule has 0 saturated heterocycles. The molecule has 31 heavy (non-hydrogen) atoms. The predicted octanol–water partition coefficient (Wildman–Crippen LogP) is 5.70. The first-order chi connectivity index (χ1) is 14.4. The molecule has 0 aliphatic carbocycles. The number of rotatable bonds is 2. The molecular formula is C21H17ClF3N3O3. The standard InChI is InChI=1S/C21H17ClF3N3O3/c1-20(2,3)27-18-15(14-16(29)11-6-4-5-7-13(11)31-19(14)30)26-17-12(22)8-10(9-28(17)18)21(23,24)25/h4-9,27,29H,1-3H3. The van der Waals surface area contributed by atoms with Crippen LogP contribution in [0, 0.1) is 0 Å². The summed E-state index contributed by atoms with van der Waals surface area (Å²) in [5.74, 6) is -0.326. The van der Waals surface area contributed by atoms with Crippen molar-refractivity contribution >= 4 is 34.0 Å². The van der Waals surface area contributed by atoms with Crippen LogP contribution in [0.4, 0.5) is 19.0 Å². The number of nitrogens with one attached hydrogen (secondary N) is 1. The van der Waals surface area contributed by atoms with Crippen LogP contribution in [0.15, 0.2) is 45.7 Å². The first kappa shape index (κ1) is 21.0. The number of pyridine rings is 1. The van der Waals surface area contributed by atoms with E-state index >= 15 is 0 Å². The average molecular weight is 452 g/mol. The summed E-state index contributed by atoms with van der Waals surface area (Å²) >= 11 is 6.11. The van der Waals surface area contributed by atoms with Gasteiger partial charge in [-0.1, -0.05) is 23.7 Å². The molecule has 0 saturated carbocycles. The summed E-state index contributed by atoms with van der Waals surface area (Å²) in [7, 11) is 0. The van der Waals surface area contributed by atoms with E-state index in [4.69, 9.17) is 16.0 Å². The number of hydrogen-bond acceptors (Lipinski definition) is 5. The third kappa shape index (κ3) is 3.69. The average Bonchev–Trinajstić information content (AvgIpc) is 2.98. The monoisotopic (exact) mass is 451 g/mol. The lowest BCUT2D eigenvalue weighted by Gasteiger charge is -2.23. The maximum absolute atomic E-state index is 13.4. The number of benzene rings is 1. The van der Waals surface area contributed by atoms with Gasteiger partial charge in [0.15, 0.2) is 5.65 Å². The molecule has 4 rings (SSSR count). The fourth-order valence-corrected chi connectivity index (χ4v) is 3.50.